The van der Waals surface area contributed by atoms with Gasteiger partial charge < -0.3 is 10.1 Å². The van der Waals surface area contributed by atoms with Gasteiger partial charge in [-0.15, -0.1) is 11.6 Å². The molecule has 0 aromatic carbocycles. The molecule has 0 amide bonds. The Morgan fingerprint density at radius 1 is 1.44 bits per heavy atom. The number of alkyl halides is 1. The van der Waals surface area contributed by atoms with Crippen molar-refractivity contribution in [2.24, 2.45) is 0 Å². The third-order valence-electron chi connectivity index (χ3n) is 1.81. The van der Waals surface area contributed by atoms with Crippen LogP contribution in [0.1, 0.15) is 27.2 Å². The summed E-state index contributed by atoms with van der Waals surface area (Å²) < 4.78 is 5.47. The summed E-state index contributed by atoms with van der Waals surface area (Å²) in [6.45, 7) is 6.65. The van der Waals surface area contributed by atoms with E-state index in [4.69, 9.17) is 16.3 Å². The highest BCUT2D eigenvalue weighted by molar-refractivity contribution is 6.20. The Morgan fingerprint density at radius 3 is 2.81 bits per heavy atom. The third kappa shape index (κ3) is 5.16. The molecule has 0 aliphatic carbocycles. The van der Waals surface area contributed by atoms with Crippen molar-refractivity contribution in [1.29, 1.82) is 0 Å². The molecule has 1 rings (SSSR count). The molecule has 1 unspecified atom stereocenters. The van der Waals surface area contributed by atoms with Gasteiger partial charge in [-0.05, 0) is 27.2 Å². The molecule has 90 valence electrons. The minimum Gasteiger partial charge on any atom is -0.475 e. The van der Waals surface area contributed by atoms with Gasteiger partial charge in [-0.25, -0.2) is 4.98 Å². The van der Waals surface area contributed by atoms with Crippen LogP contribution in [0.2, 0.25) is 0 Å². The van der Waals surface area contributed by atoms with Crippen molar-refractivity contribution in [2.45, 2.75) is 38.7 Å². The lowest BCUT2D eigenvalue weighted by atomic mass is 10.3. The van der Waals surface area contributed by atoms with Crippen LogP contribution >= 0.6 is 11.6 Å². The van der Waals surface area contributed by atoms with Gasteiger partial charge in [0.1, 0.15) is 0 Å². The second-order valence-electron chi connectivity index (χ2n) is 3.88. The average Bonchev–Trinajstić information content (AvgIpc) is 2.16. The first-order valence-electron chi connectivity index (χ1n) is 5.45. The van der Waals surface area contributed by atoms with Crippen LogP contribution in [0.25, 0.3) is 0 Å². The van der Waals surface area contributed by atoms with Gasteiger partial charge in [-0.2, -0.15) is 4.98 Å². The van der Waals surface area contributed by atoms with Crippen LogP contribution in [0.5, 0.6) is 5.88 Å². The molecular formula is C11H18ClN3O. The fraction of sp³-hybridized carbons (Fsp3) is 0.636. The van der Waals surface area contributed by atoms with Crippen molar-refractivity contribution in [2.75, 3.05) is 11.9 Å². The number of ether oxygens (including phenoxy) is 1. The van der Waals surface area contributed by atoms with E-state index in [1.54, 1.807) is 12.3 Å². The number of rotatable bonds is 6. The fourth-order valence-corrected chi connectivity index (χ4v) is 1.23. The summed E-state index contributed by atoms with van der Waals surface area (Å²) in [5.74, 6) is 1.17. The lowest BCUT2D eigenvalue weighted by Crippen LogP contribution is -2.11. The molecule has 16 heavy (non-hydrogen) atoms. The largest absolute Gasteiger partial charge is 0.475 e. The lowest BCUT2D eigenvalue weighted by Gasteiger charge is -2.10. The molecule has 0 aliphatic heterocycles. The fourth-order valence-electron chi connectivity index (χ4n) is 1.12. The minimum atomic E-state index is 0.116. The SMILES string of the molecule is CC(Cl)CCNc1nccc(OC(C)C)n1. The molecule has 1 atom stereocenters. The zero-order valence-electron chi connectivity index (χ0n) is 9.90. The maximum atomic E-state index is 5.84. The Balaban J connectivity index is 2.47. The van der Waals surface area contributed by atoms with Gasteiger partial charge in [0, 0.05) is 24.2 Å². The summed E-state index contributed by atoms with van der Waals surface area (Å²) in [7, 11) is 0. The topological polar surface area (TPSA) is 47.0 Å². The van der Waals surface area contributed by atoms with E-state index in [0.29, 0.717) is 11.8 Å². The minimum absolute atomic E-state index is 0.116. The summed E-state index contributed by atoms with van der Waals surface area (Å²) in [4.78, 5) is 8.32. The number of aromatic nitrogens is 2. The van der Waals surface area contributed by atoms with Crippen LogP contribution in [0.3, 0.4) is 0 Å². The van der Waals surface area contributed by atoms with Crippen LogP contribution in [0.15, 0.2) is 12.3 Å². The van der Waals surface area contributed by atoms with Gasteiger partial charge >= 0.3 is 0 Å². The summed E-state index contributed by atoms with van der Waals surface area (Å²) >= 11 is 5.84. The summed E-state index contributed by atoms with van der Waals surface area (Å²) in [5.41, 5.74) is 0. The van der Waals surface area contributed by atoms with Crippen LogP contribution in [-0.2, 0) is 0 Å². The highest BCUT2D eigenvalue weighted by atomic mass is 35.5. The first kappa shape index (κ1) is 13.0. The number of hydrogen-bond acceptors (Lipinski definition) is 4. The smallest absolute Gasteiger partial charge is 0.225 e. The number of hydrogen-bond donors (Lipinski definition) is 1. The second-order valence-corrected chi connectivity index (χ2v) is 4.63. The van der Waals surface area contributed by atoms with Gasteiger partial charge in [0.05, 0.1) is 6.10 Å². The molecule has 1 heterocycles. The molecule has 1 N–H and O–H groups in total. The third-order valence-corrected chi connectivity index (χ3v) is 2.03. The molecule has 0 bridgehead atoms. The molecule has 5 heteroatoms. The van der Waals surface area contributed by atoms with Gasteiger partial charge in [-0.1, -0.05) is 0 Å². The maximum absolute atomic E-state index is 5.84. The highest BCUT2D eigenvalue weighted by Crippen LogP contribution is 2.10. The number of anilines is 1. The Hall–Kier alpha value is -1.03. The first-order valence-corrected chi connectivity index (χ1v) is 5.89. The predicted molar refractivity (Wildman–Crippen MR) is 66.2 cm³/mol. The summed E-state index contributed by atoms with van der Waals surface area (Å²) in [5, 5.41) is 3.26. The van der Waals surface area contributed by atoms with Crippen molar-refractivity contribution in [3.8, 4) is 5.88 Å². The Morgan fingerprint density at radius 2 is 2.19 bits per heavy atom. The Bertz CT molecular complexity index is 318. The van der Waals surface area contributed by atoms with Gasteiger partial charge in [-0.3, -0.25) is 0 Å². The quantitative estimate of drug-likeness (QED) is 0.781. The predicted octanol–water partition coefficient (Wildman–Crippen LogP) is 2.69. The molecule has 0 radical (unpaired) electrons. The van der Waals surface area contributed by atoms with E-state index in [2.05, 4.69) is 15.3 Å². The molecule has 0 saturated carbocycles. The molecule has 1 aromatic heterocycles. The summed E-state index contributed by atoms with van der Waals surface area (Å²) in [6.07, 6.45) is 2.67. The van der Waals surface area contributed by atoms with Crippen molar-refractivity contribution < 1.29 is 4.74 Å². The number of nitrogens with one attached hydrogen (secondary N) is 1. The Labute approximate surface area is 101 Å². The van der Waals surface area contributed by atoms with E-state index in [9.17, 15) is 0 Å². The zero-order chi connectivity index (χ0) is 12.0. The number of nitrogens with zero attached hydrogens (tertiary/aromatic N) is 2. The zero-order valence-corrected chi connectivity index (χ0v) is 10.7. The molecule has 0 spiro atoms. The van der Waals surface area contributed by atoms with Gasteiger partial charge in [0.25, 0.3) is 0 Å². The maximum Gasteiger partial charge on any atom is 0.225 e. The highest BCUT2D eigenvalue weighted by Gasteiger charge is 2.02. The normalized spacial score (nSPS) is 12.6. The molecule has 0 aliphatic rings. The van der Waals surface area contributed by atoms with Crippen LogP contribution in [0.4, 0.5) is 5.95 Å². The lowest BCUT2D eigenvalue weighted by molar-refractivity contribution is 0.232. The van der Waals surface area contributed by atoms with Gasteiger partial charge in [0.2, 0.25) is 11.8 Å². The van der Waals surface area contributed by atoms with E-state index >= 15 is 0 Å². The van der Waals surface area contributed by atoms with E-state index < -0.39 is 0 Å². The van der Waals surface area contributed by atoms with E-state index in [1.165, 1.54) is 0 Å². The van der Waals surface area contributed by atoms with Crippen molar-refractivity contribution in [1.82, 2.24) is 9.97 Å². The monoisotopic (exact) mass is 243 g/mol. The van der Waals surface area contributed by atoms with E-state index in [0.717, 1.165) is 13.0 Å². The van der Waals surface area contributed by atoms with Crippen molar-refractivity contribution >= 4 is 17.5 Å². The van der Waals surface area contributed by atoms with E-state index in [1.807, 2.05) is 20.8 Å². The molecule has 4 nitrogen and oxygen atoms in total. The standard InChI is InChI=1S/C11H18ClN3O/c1-8(2)16-10-5-7-14-11(15-10)13-6-4-9(3)12/h5,7-9H,4,6H2,1-3H3,(H,13,14,15). The number of halogens is 1. The van der Waals surface area contributed by atoms with Crippen molar-refractivity contribution in [3.05, 3.63) is 12.3 Å². The summed E-state index contributed by atoms with van der Waals surface area (Å²) in [6, 6.07) is 1.75. The molecule has 0 fully saturated rings. The van der Waals surface area contributed by atoms with E-state index in [-0.39, 0.29) is 11.5 Å². The molecule has 1 aromatic rings. The van der Waals surface area contributed by atoms with Crippen LogP contribution in [0, 0.1) is 0 Å². The van der Waals surface area contributed by atoms with Crippen LogP contribution < -0.4 is 10.1 Å². The van der Waals surface area contributed by atoms with Gasteiger partial charge in [0.15, 0.2) is 0 Å². The Kier molecular flexibility index (Phi) is 5.32. The van der Waals surface area contributed by atoms with Crippen LogP contribution in [-0.4, -0.2) is 28.0 Å². The molecular weight excluding hydrogens is 226 g/mol. The molecule has 0 saturated heterocycles. The second kappa shape index (κ2) is 6.53. The first-order chi connectivity index (χ1) is 7.58. The van der Waals surface area contributed by atoms with Crippen molar-refractivity contribution in [3.63, 3.8) is 0 Å². The average molecular weight is 244 g/mol.